The van der Waals surface area contributed by atoms with Crippen molar-refractivity contribution in [3.05, 3.63) is 65.9 Å². The number of nitrogens with zero attached hydrogens (tertiary/aromatic N) is 5. The minimum atomic E-state index is -3.10. The van der Waals surface area contributed by atoms with E-state index < -0.39 is 31.0 Å². The molecule has 12 heteroatoms. The van der Waals surface area contributed by atoms with Gasteiger partial charge in [-0.3, -0.25) is 14.1 Å². The molecular formula is C23H20F2N6O4. The van der Waals surface area contributed by atoms with Gasteiger partial charge in [0.2, 0.25) is 11.7 Å². The number of carbonyl (C=O) groups excluding carboxylic acids is 2. The van der Waals surface area contributed by atoms with Gasteiger partial charge in [0.1, 0.15) is 17.4 Å². The quantitative estimate of drug-likeness (QED) is 0.466. The molecule has 4 heterocycles. The second-order valence-corrected chi connectivity index (χ2v) is 8.19. The van der Waals surface area contributed by atoms with Crippen LogP contribution in [0.3, 0.4) is 0 Å². The average Bonchev–Trinajstić information content (AvgIpc) is 3.56. The smallest absolute Gasteiger partial charge is 0.410 e. The number of imidazole rings is 1. The standard InChI is InChI=1S/C23H20F2N6O4/c1-13-6-7-14(9-15(13)27-20(32)17-11-26-18-5-3-4-8-30(17)18)19-28-21(35-29-19)16-10-23(24,25)12-31(16)22(33)34-2/h3-9,11,16H,10,12H2,1-2H3,(H,27,32). The molecule has 1 unspecified atom stereocenters. The van der Waals surface area contributed by atoms with Crippen molar-refractivity contribution >= 4 is 23.3 Å². The number of amides is 2. The third-order valence-corrected chi connectivity index (χ3v) is 5.80. The zero-order valence-corrected chi connectivity index (χ0v) is 18.7. The highest BCUT2D eigenvalue weighted by Gasteiger charge is 2.50. The van der Waals surface area contributed by atoms with E-state index in [-0.39, 0.29) is 17.6 Å². The van der Waals surface area contributed by atoms with Crippen molar-refractivity contribution in [3.8, 4) is 11.4 Å². The number of rotatable bonds is 4. The van der Waals surface area contributed by atoms with E-state index in [1.54, 1.807) is 40.9 Å². The largest absolute Gasteiger partial charge is 0.453 e. The molecule has 5 rings (SSSR count). The summed E-state index contributed by atoms with van der Waals surface area (Å²) in [5.74, 6) is -3.46. The van der Waals surface area contributed by atoms with Crippen molar-refractivity contribution < 1.29 is 27.6 Å². The van der Waals surface area contributed by atoms with Gasteiger partial charge in [-0.05, 0) is 30.7 Å². The molecule has 35 heavy (non-hydrogen) atoms. The van der Waals surface area contributed by atoms with Gasteiger partial charge < -0.3 is 14.6 Å². The van der Waals surface area contributed by atoms with Crippen molar-refractivity contribution in [1.29, 1.82) is 0 Å². The Morgan fingerprint density at radius 3 is 2.89 bits per heavy atom. The van der Waals surface area contributed by atoms with Crippen molar-refractivity contribution in [2.75, 3.05) is 19.0 Å². The van der Waals surface area contributed by atoms with Gasteiger partial charge in [0.05, 0.1) is 19.9 Å². The average molecular weight is 482 g/mol. The second kappa shape index (κ2) is 8.46. The minimum Gasteiger partial charge on any atom is -0.453 e. The van der Waals surface area contributed by atoms with Crippen molar-refractivity contribution in [3.63, 3.8) is 0 Å². The molecule has 1 aliphatic heterocycles. The summed E-state index contributed by atoms with van der Waals surface area (Å²) in [6.07, 6.45) is 1.67. The van der Waals surface area contributed by atoms with Crippen LogP contribution in [0.4, 0.5) is 19.3 Å². The van der Waals surface area contributed by atoms with E-state index in [2.05, 4.69) is 25.2 Å². The van der Waals surface area contributed by atoms with Crippen molar-refractivity contribution in [1.82, 2.24) is 24.4 Å². The van der Waals surface area contributed by atoms with Gasteiger partial charge in [0.15, 0.2) is 0 Å². The first-order valence-corrected chi connectivity index (χ1v) is 10.7. The van der Waals surface area contributed by atoms with Crippen LogP contribution in [0.5, 0.6) is 0 Å². The molecule has 0 radical (unpaired) electrons. The van der Waals surface area contributed by atoms with E-state index in [0.717, 1.165) is 17.6 Å². The predicted molar refractivity (Wildman–Crippen MR) is 119 cm³/mol. The lowest BCUT2D eigenvalue weighted by molar-refractivity contribution is 0.0116. The van der Waals surface area contributed by atoms with Gasteiger partial charge in [-0.15, -0.1) is 0 Å². The fourth-order valence-electron chi connectivity index (χ4n) is 4.02. The number of pyridine rings is 1. The van der Waals surface area contributed by atoms with Crippen molar-refractivity contribution in [2.24, 2.45) is 0 Å². The number of hydrogen-bond donors (Lipinski definition) is 1. The van der Waals surface area contributed by atoms with Crippen LogP contribution in [0.25, 0.3) is 17.0 Å². The molecule has 10 nitrogen and oxygen atoms in total. The summed E-state index contributed by atoms with van der Waals surface area (Å²) in [5.41, 5.74) is 2.78. The van der Waals surface area contributed by atoms with Gasteiger partial charge in [0.25, 0.3) is 11.8 Å². The topological polar surface area (TPSA) is 115 Å². The molecule has 0 spiro atoms. The molecule has 0 bridgehead atoms. The maximum absolute atomic E-state index is 14.0. The van der Waals surface area contributed by atoms with Crippen LogP contribution in [0, 0.1) is 6.92 Å². The minimum absolute atomic E-state index is 0.125. The second-order valence-electron chi connectivity index (χ2n) is 8.19. The molecular weight excluding hydrogens is 462 g/mol. The Bertz CT molecular complexity index is 1430. The van der Waals surface area contributed by atoms with E-state index in [9.17, 15) is 18.4 Å². The summed E-state index contributed by atoms with van der Waals surface area (Å²) in [6, 6.07) is 9.44. The summed E-state index contributed by atoms with van der Waals surface area (Å²) in [7, 11) is 1.12. The zero-order chi connectivity index (χ0) is 24.7. The molecule has 3 aromatic heterocycles. The molecule has 4 aromatic rings. The number of aryl methyl sites for hydroxylation is 1. The zero-order valence-electron chi connectivity index (χ0n) is 18.7. The molecule has 0 aliphatic carbocycles. The summed E-state index contributed by atoms with van der Waals surface area (Å²) < 4.78 is 39.5. The molecule has 2 amide bonds. The van der Waals surface area contributed by atoms with E-state index in [4.69, 9.17) is 4.52 Å². The number of hydrogen-bond acceptors (Lipinski definition) is 7. The van der Waals surface area contributed by atoms with Gasteiger partial charge in [0, 0.05) is 23.9 Å². The van der Waals surface area contributed by atoms with E-state index in [1.807, 2.05) is 13.0 Å². The number of alkyl halides is 2. The number of anilines is 1. The lowest BCUT2D eigenvalue weighted by Gasteiger charge is -2.18. The van der Waals surface area contributed by atoms with Crippen LogP contribution in [0.2, 0.25) is 0 Å². The van der Waals surface area contributed by atoms with Crippen LogP contribution in [-0.2, 0) is 4.74 Å². The molecule has 1 fully saturated rings. The summed E-state index contributed by atoms with van der Waals surface area (Å²) in [6.45, 7) is 1.02. The van der Waals surface area contributed by atoms with Crippen LogP contribution < -0.4 is 5.32 Å². The Morgan fingerprint density at radius 2 is 2.09 bits per heavy atom. The summed E-state index contributed by atoms with van der Waals surface area (Å²) in [5, 5.41) is 6.77. The number of ether oxygens (including phenoxy) is 1. The van der Waals surface area contributed by atoms with Gasteiger partial charge in [-0.2, -0.15) is 4.98 Å². The number of aromatic nitrogens is 4. The molecule has 180 valence electrons. The Balaban J connectivity index is 1.40. The normalized spacial score (nSPS) is 17.0. The third kappa shape index (κ3) is 4.18. The number of halogens is 2. The molecule has 1 aliphatic rings. The molecule has 0 saturated carbocycles. The number of benzene rings is 1. The summed E-state index contributed by atoms with van der Waals surface area (Å²) in [4.78, 5) is 34.2. The van der Waals surface area contributed by atoms with Crippen LogP contribution in [0.15, 0.2) is 53.3 Å². The van der Waals surface area contributed by atoms with E-state index in [0.29, 0.717) is 22.6 Å². The van der Waals surface area contributed by atoms with Crippen LogP contribution in [0.1, 0.15) is 34.4 Å². The summed E-state index contributed by atoms with van der Waals surface area (Å²) >= 11 is 0. The van der Waals surface area contributed by atoms with Crippen molar-refractivity contribution in [2.45, 2.75) is 25.3 Å². The van der Waals surface area contributed by atoms with Gasteiger partial charge >= 0.3 is 6.09 Å². The highest BCUT2D eigenvalue weighted by Crippen LogP contribution is 2.41. The SMILES string of the molecule is COC(=O)N1CC(F)(F)CC1c1nc(-c2ccc(C)c(NC(=O)c3cnc4ccccn34)c2)no1. The predicted octanol–water partition coefficient (Wildman–Crippen LogP) is 4.09. The first kappa shape index (κ1) is 22.4. The number of methoxy groups -OCH3 is 1. The number of nitrogens with one attached hydrogen (secondary N) is 1. The van der Waals surface area contributed by atoms with Crippen LogP contribution in [-0.4, -0.2) is 56.0 Å². The lowest BCUT2D eigenvalue weighted by Crippen LogP contribution is -2.32. The fraction of sp³-hybridized carbons (Fsp3) is 0.261. The first-order chi connectivity index (χ1) is 16.8. The van der Waals surface area contributed by atoms with Crippen LogP contribution >= 0.6 is 0 Å². The number of likely N-dealkylation sites (tertiary alicyclic amines) is 1. The van der Waals surface area contributed by atoms with Gasteiger partial charge in [-0.1, -0.05) is 23.4 Å². The third-order valence-electron chi connectivity index (χ3n) is 5.80. The fourth-order valence-corrected chi connectivity index (χ4v) is 4.02. The van der Waals surface area contributed by atoms with E-state index >= 15 is 0 Å². The first-order valence-electron chi connectivity index (χ1n) is 10.7. The highest BCUT2D eigenvalue weighted by molar-refractivity contribution is 6.04. The maximum atomic E-state index is 14.0. The van der Waals surface area contributed by atoms with E-state index in [1.165, 1.54) is 6.20 Å². The monoisotopic (exact) mass is 482 g/mol. The Hall–Kier alpha value is -4.35. The molecule has 1 N–H and O–H groups in total. The highest BCUT2D eigenvalue weighted by atomic mass is 19.3. The Morgan fingerprint density at radius 1 is 1.26 bits per heavy atom. The molecule has 1 saturated heterocycles. The Kier molecular flexibility index (Phi) is 5.42. The van der Waals surface area contributed by atoms with Gasteiger partial charge in [-0.25, -0.2) is 18.6 Å². The number of fused-ring (bicyclic) bond motifs is 1. The molecule has 1 aromatic carbocycles. The Labute approximate surface area is 197 Å². The molecule has 1 atom stereocenters. The maximum Gasteiger partial charge on any atom is 0.410 e. The number of carbonyl (C=O) groups is 2. The lowest BCUT2D eigenvalue weighted by atomic mass is 10.1.